The third-order valence-electron chi connectivity index (χ3n) is 3.39. The molecule has 0 bridgehead atoms. The van der Waals surface area contributed by atoms with Gasteiger partial charge in [-0.1, -0.05) is 13.0 Å². The van der Waals surface area contributed by atoms with Crippen LogP contribution in [0.3, 0.4) is 0 Å². The van der Waals surface area contributed by atoms with Gasteiger partial charge < -0.3 is 5.32 Å². The Hall–Kier alpha value is -1.20. The molecule has 0 radical (unpaired) electrons. The van der Waals surface area contributed by atoms with Crippen LogP contribution in [0.4, 0.5) is 0 Å². The summed E-state index contributed by atoms with van der Waals surface area (Å²) in [5.74, 6) is 3.08. The molecule has 2 aromatic heterocycles. The first-order valence-corrected chi connectivity index (χ1v) is 6.79. The fourth-order valence-corrected chi connectivity index (χ4v) is 3.04. The van der Waals surface area contributed by atoms with Crippen molar-refractivity contribution in [1.82, 2.24) is 20.1 Å². The average molecular weight is 248 g/mol. The number of hydrogen-bond donors (Lipinski definition) is 1. The number of rotatable bonds is 2. The second kappa shape index (κ2) is 4.23. The molecule has 4 nitrogen and oxygen atoms in total. The first-order valence-electron chi connectivity index (χ1n) is 5.91. The van der Waals surface area contributed by atoms with Crippen LogP contribution >= 0.6 is 11.3 Å². The number of aryl methyl sites for hydroxylation is 1. The molecule has 0 spiro atoms. The maximum Gasteiger partial charge on any atom is 0.191 e. The van der Waals surface area contributed by atoms with E-state index in [1.165, 1.54) is 0 Å². The zero-order valence-corrected chi connectivity index (χ0v) is 10.9. The molecular formula is C12H16N4S. The van der Waals surface area contributed by atoms with Gasteiger partial charge in [-0.15, -0.1) is 11.3 Å². The summed E-state index contributed by atoms with van der Waals surface area (Å²) in [6.45, 7) is 4.35. The van der Waals surface area contributed by atoms with E-state index in [4.69, 9.17) is 4.98 Å². The van der Waals surface area contributed by atoms with E-state index in [0.717, 1.165) is 29.6 Å². The van der Waals surface area contributed by atoms with E-state index < -0.39 is 0 Å². The molecule has 90 valence electrons. The van der Waals surface area contributed by atoms with Gasteiger partial charge in [0, 0.05) is 19.5 Å². The fraction of sp³-hybridized carbons (Fsp3) is 0.500. The Bertz CT molecular complexity index is 503. The molecule has 0 aliphatic carbocycles. The van der Waals surface area contributed by atoms with Gasteiger partial charge in [-0.05, 0) is 23.9 Å². The summed E-state index contributed by atoms with van der Waals surface area (Å²) in [5, 5.41) is 9.99. The van der Waals surface area contributed by atoms with Gasteiger partial charge in [-0.3, -0.25) is 4.68 Å². The Labute approximate surface area is 105 Å². The maximum atomic E-state index is 4.71. The monoisotopic (exact) mass is 248 g/mol. The number of hydrogen-bond acceptors (Lipinski definition) is 4. The summed E-state index contributed by atoms with van der Waals surface area (Å²) in [6.07, 6.45) is 0. The third-order valence-corrected chi connectivity index (χ3v) is 4.25. The Morgan fingerprint density at radius 3 is 3.00 bits per heavy atom. The van der Waals surface area contributed by atoms with Crippen molar-refractivity contribution >= 4 is 11.3 Å². The molecule has 0 saturated carbocycles. The molecule has 0 amide bonds. The van der Waals surface area contributed by atoms with E-state index in [2.05, 4.69) is 28.8 Å². The lowest BCUT2D eigenvalue weighted by atomic mass is 9.97. The molecule has 3 heterocycles. The van der Waals surface area contributed by atoms with Gasteiger partial charge in [0.1, 0.15) is 5.82 Å². The second-order valence-corrected chi connectivity index (χ2v) is 5.58. The SMILES string of the molecule is CC1CNCC1c1nc(-c2cccs2)nn1C. The third kappa shape index (κ3) is 1.89. The predicted octanol–water partition coefficient (Wildman–Crippen LogP) is 1.87. The van der Waals surface area contributed by atoms with Gasteiger partial charge in [0.15, 0.2) is 5.82 Å². The molecule has 1 aliphatic heterocycles. The molecule has 2 unspecified atom stereocenters. The smallest absolute Gasteiger partial charge is 0.191 e. The Morgan fingerprint density at radius 2 is 2.35 bits per heavy atom. The van der Waals surface area contributed by atoms with Gasteiger partial charge in [0.25, 0.3) is 0 Å². The lowest BCUT2D eigenvalue weighted by Crippen LogP contribution is -2.13. The number of thiophene rings is 1. The Balaban J connectivity index is 1.96. The van der Waals surface area contributed by atoms with Gasteiger partial charge in [-0.2, -0.15) is 5.10 Å². The molecule has 1 fully saturated rings. The van der Waals surface area contributed by atoms with Gasteiger partial charge in [0.2, 0.25) is 0 Å². The van der Waals surface area contributed by atoms with Crippen LogP contribution in [-0.4, -0.2) is 27.9 Å². The average Bonchev–Trinajstić information content (AvgIpc) is 2.98. The van der Waals surface area contributed by atoms with Crippen molar-refractivity contribution in [1.29, 1.82) is 0 Å². The molecule has 0 aromatic carbocycles. The van der Waals surface area contributed by atoms with Crippen LogP contribution < -0.4 is 5.32 Å². The Morgan fingerprint density at radius 1 is 1.47 bits per heavy atom. The van der Waals surface area contributed by atoms with Gasteiger partial charge >= 0.3 is 0 Å². The first kappa shape index (κ1) is 10.9. The minimum atomic E-state index is 0.487. The van der Waals surface area contributed by atoms with Crippen molar-refractivity contribution in [2.45, 2.75) is 12.8 Å². The minimum absolute atomic E-state index is 0.487. The molecule has 1 saturated heterocycles. The summed E-state index contributed by atoms with van der Waals surface area (Å²) in [4.78, 5) is 5.85. The summed E-state index contributed by atoms with van der Waals surface area (Å²) in [7, 11) is 1.99. The fourth-order valence-electron chi connectivity index (χ4n) is 2.39. The van der Waals surface area contributed by atoms with Gasteiger partial charge in [0.05, 0.1) is 4.88 Å². The Kier molecular flexibility index (Phi) is 2.72. The van der Waals surface area contributed by atoms with Crippen molar-refractivity contribution in [2.24, 2.45) is 13.0 Å². The molecule has 3 rings (SSSR count). The van der Waals surface area contributed by atoms with Crippen molar-refractivity contribution in [3.63, 3.8) is 0 Å². The van der Waals surface area contributed by atoms with Crippen LogP contribution in [0.2, 0.25) is 0 Å². The van der Waals surface area contributed by atoms with E-state index in [1.54, 1.807) is 11.3 Å². The highest BCUT2D eigenvalue weighted by molar-refractivity contribution is 7.13. The van der Waals surface area contributed by atoms with Crippen LogP contribution in [0, 0.1) is 5.92 Å². The molecule has 5 heteroatoms. The molecule has 2 aromatic rings. The number of nitrogens with zero attached hydrogens (tertiary/aromatic N) is 3. The van der Waals surface area contributed by atoms with Crippen molar-refractivity contribution in [2.75, 3.05) is 13.1 Å². The van der Waals surface area contributed by atoms with Crippen LogP contribution in [0.5, 0.6) is 0 Å². The maximum absolute atomic E-state index is 4.71. The largest absolute Gasteiger partial charge is 0.316 e. The summed E-state index contributed by atoms with van der Waals surface area (Å²) in [5.41, 5.74) is 0. The zero-order valence-electron chi connectivity index (χ0n) is 10.1. The van der Waals surface area contributed by atoms with Crippen molar-refractivity contribution in [3.05, 3.63) is 23.3 Å². The molecule has 2 atom stereocenters. The molecular weight excluding hydrogens is 232 g/mol. The minimum Gasteiger partial charge on any atom is -0.316 e. The highest BCUT2D eigenvalue weighted by Gasteiger charge is 2.29. The van der Waals surface area contributed by atoms with Crippen molar-refractivity contribution in [3.8, 4) is 10.7 Å². The second-order valence-electron chi connectivity index (χ2n) is 4.64. The van der Waals surface area contributed by atoms with E-state index >= 15 is 0 Å². The van der Waals surface area contributed by atoms with Crippen LogP contribution in [0.15, 0.2) is 17.5 Å². The van der Waals surface area contributed by atoms with E-state index in [0.29, 0.717) is 11.8 Å². The highest BCUT2D eigenvalue weighted by atomic mass is 32.1. The topological polar surface area (TPSA) is 42.7 Å². The molecule has 1 aliphatic rings. The van der Waals surface area contributed by atoms with Crippen LogP contribution in [0.1, 0.15) is 18.7 Å². The lowest BCUT2D eigenvalue weighted by molar-refractivity contribution is 0.518. The summed E-state index contributed by atoms with van der Waals surface area (Å²) in [6, 6.07) is 4.11. The van der Waals surface area contributed by atoms with E-state index in [1.807, 2.05) is 17.8 Å². The summed E-state index contributed by atoms with van der Waals surface area (Å²) < 4.78 is 1.93. The summed E-state index contributed by atoms with van der Waals surface area (Å²) >= 11 is 1.69. The van der Waals surface area contributed by atoms with E-state index in [9.17, 15) is 0 Å². The quantitative estimate of drug-likeness (QED) is 0.882. The number of aromatic nitrogens is 3. The lowest BCUT2D eigenvalue weighted by Gasteiger charge is -2.11. The predicted molar refractivity (Wildman–Crippen MR) is 69.1 cm³/mol. The first-order chi connectivity index (χ1) is 8.25. The normalized spacial score (nSPS) is 24.4. The number of nitrogens with one attached hydrogen (secondary N) is 1. The van der Waals surface area contributed by atoms with Gasteiger partial charge in [-0.25, -0.2) is 4.98 Å². The zero-order chi connectivity index (χ0) is 11.8. The standard InChI is InChI=1S/C12H16N4S/c1-8-6-13-7-9(8)12-14-11(15-16(12)2)10-4-3-5-17-10/h3-5,8-9,13H,6-7H2,1-2H3. The van der Waals surface area contributed by atoms with Crippen molar-refractivity contribution < 1.29 is 0 Å². The molecule has 1 N–H and O–H groups in total. The van der Waals surface area contributed by atoms with Crippen LogP contribution in [-0.2, 0) is 7.05 Å². The van der Waals surface area contributed by atoms with Crippen LogP contribution in [0.25, 0.3) is 10.7 Å². The van der Waals surface area contributed by atoms with E-state index in [-0.39, 0.29) is 0 Å². The highest BCUT2D eigenvalue weighted by Crippen LogP contribution is 2.28. The molecule has 17 heavy (non-hydrogen) atoms.